The lowest BCUT2D eigenvalue weighted by molar-refractivity contribution is -0.507. The van der Waals surface area contributed by atoms with Crippen molar-refractivity contribution in [2.75, 3.05) is 0 Å². The second kappa shape index (κ2) is 14.6. The molecule has 0 aliphatic heterocycles. The van der Waals surface area contributed by atoms with Crippen molar-refractivity contribution in [2.24, 2.45) is 0 Å². The van der Waals surface area contributed by atoms with Gasteiger partial charge in [-0.05, 0) is 159 Å². The van der Waals surface area contributed by atoms with Crippen LogP contribution in [0.1, 0.15) is 11.1 Å². The predicted octanol–water partition coefficient (Wildman–Crippen LogP) is 17.7. The van der Waals surface area contributed by atoms with E-state index in [2.05, 4.69) is 159 Å². The number of rotatable bonds is 4. The van der Waals surface area contributed by atoms with E-state index < -0.39 is 126 Å². The molecule has 0 spiro atoms. The van der Waals surface area contributed by atoms with Crippen molar-refractivity contribution in [3.8, 4) is 0 Å². The van der Waals surface area contributed by atoms with Gasteiger partial charge in [-0.2, -0.15) is 87.8 Å². The van der Waals surface area contributed by atoms with Gasteiger partial charge in [0.05, 0.1) is 5.56 Å². The Labute approximate surface area is 378 Å². The van der Waals surface area contributed by atoms with Crippen LogP contribution in [-0.4, -0.2) is 59.0 Å². The van der Waals surface area contributed by atoms with Crippen molar-refractivity contribution in [1.29, 1.82) is 0 Å². The van der Waals surface area contributed by atoms with Crippen molar-refractivity contribution >= 4 is 159 Å². The van der Waals surface area contributed by atoms with Gasteiger partial charge in [0.2, 0.25) is 0 Å². The van der Waals surface area contributed by atoms with Gasteiger partial charge in [-0.15, -0.1) is 0 Å². The molecule has 3 rings (SSSR count). The third-order valence-corrected chi connectivity index (χ3v) is 20.2. The van der Waals surface area contributed by atoms with Gasteiger partial charge in [0, 0.05) is 50.3 Å². The molecule has 0 nitrogen and oxygen atoms in total. The summed E-state index contributed by atoms with van der Waals surface area (Å²) in [6.07, 6.45) is 0. The van der Waals surface area contributed by atoms with E-state index in [4.69, 9.17) is 0 Å². The Kier molecular flexibility index (Phi) is 13.6. The van der Waals surface area contributed by atoms with E-state index in [0.717, 1.165) is 0 Å². The third kappa shape index (κ3) is 5.79. The Balaban J connectivity index is 3.06. The van der Waals surface area contributed by atoms with Gasteiger partial charge in [0.15, 0.2) is 0 Å². The van der Waals surface area contributed by atoms with E-state index in [1.807, 2.05) is 0 Å². The molecule has 0 saturated heterocycles. The monoisotopic (exact) mass is 1500 g/mol. The third-order valence-electron chi connectivity index (χ3n) is 8.01. The number of halogens is 32. The summed E-state index contributed by atoms with van der Waals surface area (Å²) in [7, 11) is 0. The summed E-state index contributed by atoms with van der Waals surface area (Å²) in [5.74, 6) is -91.9. The first-order valence-electron chi connectivity index (χ1n) is 12.5. The van der Waals surface area contributed by atoms with E-state index in [-0.39, 0.29) is 0 Å². The lowest BCUT2D eigenvalue weighted by Crippen LogP contribution is -2.86. The number of hydrogen-bond acceptors (Lipinski definition) is 0. The number of benzene rings is 2. The quantitative estimate of drug-likeness (QED) is 0.163. The summed E-state index contributed by atoms with van der Waals surface area (Å²) in [5, 5.41) is 0. The minimum atomic E-state index is -9.58. The van der Waals surface area contributed by atoms with Gasteiger partial charge < -0.3 is 0 Å². The van der Waals surface area contributed by atoms with Gasteiger partial charge >= 0.3 is 59.2 Å². The molecule has 0 heterocycles. The van der Waals surface area contributed by atoms with Crippen molar-refractivity contribution in [2.45, 2.75) is 70.6 Å². The summed E-state index contributed by atoms with van der Waals surface area (Å²) >= 11 is 23.5. The highest BCUT2D eigenvalue weighted by atomic mass is 79.9. The summed E-state index contributed by atoms with van der Waals surface area (Å²) in [6.45, 7) is 0. The van der Waals surface area contributed by atoms with Crippen molar-refractivity contribution in [3.05, 3.63) is 55.9 Å². The summed E-state index contributed by atoms with van der Waals surface area (Å²) in [5.41, 5.74) is -23.4. The average Bonchev–Trinajstić information content (AvgIpc) is 3.06. The highest BCUT2D eigenvalue weighted by Crippen LogP contribution is 2.77. The molecule has 0 N–H and O–H groups in total. The first-order chi connectivity index (χ1) is 24.4. The smallest absolute Gasteiger partial charge is 0.227 e. The van der Waals surface area contributed by atoms with Crippen LogP contribution in [0.25, 0.3) is 0 Å². The Morgan fingerprint density at radius 3 is 0.625 bits per heavy atom. The van der Waals surface area contributed by atoms with E-state index in [1.54, 1.807) is 0 Å². The Morgan fingerprint density at radius 1 is 0.250 bits per heavy atom. The molecule has 56 heavy (non-hydrogen) atoms. The van der Waals surface area contributed by atoms with Crippen molar-refractivity contribution < 1.29 is 96.6 Å². The van der Waals surface area contributed by atoms with E-state index in [9.17, 15) is 43.9 Å². The zero-order valence-corrected chi connectivity index (χ0v) is 40.0. The fourth-order valence-corrected chi connectivity index (χ4v) is 12.1. The Hall–Kier alpha value is 1.70. The van der Waals surface area contributed by atoms with Crippen LogP contribution in [0.3, 0.4) is 0 Å². The molecule has 0 bridgehead atoms. The topological polar surface area (TPSA) is 0 Å². The molecule has 2 aromatic carbocycles. The minimum Gasteiger partial charge on any atom is -0.227 e. The van der Waals surface area contributed by atoms with E-state index in [1.165, 1.54) is 0 Å². The molecule has 1 aliphatic rings. The van der Waals surface area contributed by atoms with Crippen LogP contribution in [0, 0.1) is 0 Å². The lowest BCUT2D eigenvalue weighted by Gasteiger charge is -2.55. The normalized spacial score (nSPS) is 25.3. The minimum absolute atomic E-state index is 0.566. The maximum atomic E-state index is 18.3. The summed E-state index contributed by atoms with van der Waals surface area (Å²) in [4.78, 5) is 0. The molecule has 1 fully saturated rings. The Bertz CT molecular complexity index is 1870. The highest BCUT2D eigenvalue weighted by molar-refractivity contribution is 9.16. The van der Waals surface area contributed by atoms with Gasteiger partial charge in [0.25, 0.3) is 11.3 Å². The number of alkyl halides is 22. The first-order valence-corrected chi connectivity index (χ1v) is 20.5. The molecule has 0 amide bonds. The SMILES string of the molecule is FC(F)(c1c(Br)c(Br)c(Br)c(Br)c1Br)C(F)(c1c(Br)c(Br)c(Br)c(Br)c1Br)C1(F)C(F)(F)C(F)(F)C(F)(F)C(F)(F)C(F)(F)C(F)(F)C(F)(F)C(F)(F)C1(F)F. The molecule has 320 valence electrons. The second-order valence-electron chi connectivity index (χ2n) is 11.0. The van der Waals surface area contributed by atoms with Crippen LogP contribution in [0.2, 0.25) is 0 Å². The Morgan fingerprint density at radius 2 is 0.411 bits per heavy atom. The lowest BCUT2D eigenvalue weighted by atomic mass is 9.63. The van der Waals surface area contributed by atoms with Gasteiger partial charge in [-0.25, -0.2) is 8.78 Å². The average molecular weight is 1510 g/mol. The van der Waals surface area contributed by atoms with Crippen molar-refractivity contribution in [1.82, 2.24) is 0 Å². The zero-order chi connectivity index (χ0) is 44.9. The largest absolute Gasteiger partial charge is 0.385 e. The van der Waals surface area contributed by atoms with Gasteiger partial charge in [0.1, 0.15) is 0 Å². The standard InChI is InChI=1S/C24Br10F22/c25-3-1(4(26)8(30)11(33)7(3)29)13(35,14(36,37)2-5(27)9(31)12(34)10(32)6(2)28)15(38)16(39,40)18(43,44)20(47,48)22(51,52)24(55,56)23(53,54)21(49,50)19(45,46)17(15,41)42. The van der Waals surface area contributed by atoms with Gasteiger partial charge in [-0.3, -0.25) is 0 Å². The van der Waals surface area contributed by atoms with Crippen LogP contribution in [-0.2, 0) is 11.6 Å². The molecule has 0 radical (unpaired) electrons. The molecule has 1 saturated carbocycles. The first kappa shape index (κ1) is 52.0. The molecule has 32 heteroatoms. The highest BCUT2D eigenvalue weighted by Gasteiger charge is 3.06. The fourth-order valence-electron chi connectivity index (χ4n) is 4.95. The maximum Gasteiger partial charge on any atom is 0.385 e. The van der Waals surface area contributed by atoms with E-state index in [0.29, 0.717) is 0 Å². The molecular formula is C24Br10F22. The van der Waals surface area contributed by atoms with Crippen LogP contribution in [0.5, 0.6) is 0 Å². The summed E-state index contributed by atoms with van der Waals surface area (Å²) < 4.78 is 330. The molecule has 1 aliphatic carbocycles. The van der Waals surface area contributed by atoms with Crippen LogP contribution in [0.15, 0.2) is 44.7 Å². The van der Waals surface area contributed by atoms with Crippen LogP contribution >= 0.6 is 159 Å². The fraction of sp³-hybridized carbons (Fsp3) is 0.500. The molecule has 1 unspecified atom stereocenters. The zero-order valence-electron chi connectivity index (χ0n) is 24.1. The molecule has 1 atom stereocenters. The van der Waals surface area contributed by atoms with Gasteiger partial charge in [-0.1, -0.05) is 0 Å². The summed E-state index contributed by atoms with van der Waals surface area (Å²) in [6, 6.07) is 0. The van der Waals surface area contributed by atoms with Crippen molar-refractivity contribution in [3.63, 3.8) is 0 Å². The molecular weight excluding hydrogens is 1510 g/mol. The molecule has 0 aromatic heterocycles. The molecule has 2 aromatic rings. The van der Waals surface area contributed by atoms with E-state index >= 15 is 52.7 Å². The second-order valence-corrected chi connectivity index (χ2v) is 18.9. The number of hydrogen-bond donors (Lipinski definition) is 0. The maximum absolute atomic E-state index is 18.3. The predicted molar refractivity (Wildman–Crippen MR) is 185 cm³/mol. The van der Waals surface area contributed by atoms with Crippen LogP contribution in [0.4, 0.5) is 96.6 Å². The van der Waals surface area contributed by atoms with Crippen LogP contribution < -0.4 is 0 Å².